The lowest BCUT2D eigenvalue weighted by atomic mass is 9.79. The van der Waals surface area contributed by atoms with E-state index in [0.29, 0.717) is 12.0 Å². The van der Waals surface area contributed by atoms with Gasteiger partial charge in [-0.15, -0.1) is 0 Å². The number of hydrogen-bond acceptors (Lipinski definition) is 3. The number of ether oxygens (including phenoxy) is 2. The van der Waals surface area contributed by atoms with Gasteiger partial charge in [0.15, 0.2) is 0 Å². The molecule has 2 fully saturated rings. The predicted octanol–water partition coefficient (Wildman–Crippen LogP) is -0.249. The van der Waals surface area contributed by atoms with E-state index >= 15 is 0 Å². The van der Waals surface area contributed by atoms with Crippen LogP contribution in [0.25, 0.3) is 0 Å². The fraction of sp³-hybridized carbons (Fsp3) is 1.00. The first kappa shape index (κ1) is 6.58. The summed E-state index contributed by atoms with van der Waals surface area (Å²) < 4.78 is 10.6. The van der Waals surface area contributed by atoms with Crippen LogP contribution in [-0.4, -0.2) is 32.5 Å². The van der Waals surface area contributed by atoms with Gasteiger partial charge in [-0.05, 0) is 6.42 Å². The van der Waals surface area contributed by atoms with Crippen molar-refractivity contribution in [3.63, 3.8) is 0 Å². The number of hydrogen-bond donors (Lipinski definition) is 1. The molecule has 0 saturated carbocycles. The van der Waals surface area contributed by atoms with Crippen molar-refractivity contribution < 1.29 is 9.47 Å². The smallest absolute Gasteiger partial charge is 0.0798 e. The van der Waals surface area contributed by atoms with Crippen LogP contribution >= 0.6 is 0 Å². The molecule has 0 radical (unpaired) electrons. The summed E-state index contributed by atoms with van der Waals surface area (Å²) in [6.07, 6.45) is 1.40. The molecule has 10 heavy (non-hydrogen) atoms. The third-order valence-corrected chi connectivity index (χ3v) is 2.60. The van der Waals surface area contributed by atoms with Gasteiger partial charge < -0.3 is 15.2 Å². The second-order valence-electron chi connectivity index (χ2n) is 3.20. The van der Waals surface area contributed by atoms with Crippen molar-refractivity contribution in [2.24, 2.45) is 11.1 Å². The summed E-state index contributed by atoms with van der Waals surface area (Å²) in [6, 6.07) is 0. The third-order valence-electron chi connectivity index (χ3n) is 2.60. The van der Waals surface area contributed by atoms with Gasteiger partial charge in [0.1, 0.15) is 0 Å². The quantitative estimate of drug-likeness (QED) is 0.550. The zero-order valence-corrected chi connectivity index (χ0v) is 6.01. The molecule has 2 saturated heterocycles. The first-order chi connectivity index (χ1) is 4.87. The zero-order chi connectivity index (χ0) is 7.03. The van der Waals surface area contributed by atoms with Crippen molar-refractivity contribution in [3.05, 3.63) is 0 Å². The van der Waals surface area contributed by atoms with Gasteiger partial charge in [-0.2, -0.15) is 0 Å². The van der Waals surface area contributed by atoms with Crippen molar-refractivity contribution in [1.82, 2.24) is 0 Å². The van der Waals surface area contributed by atoms with Crippen molar-refractivity contribution in [1.29, 1.82) is 0 Å². The molecule has 3 heteroatoms. The van der Waals surface area contributed by atoms with Gasteiger partial charge in [0.25, 0.3) is 0 Å². The average Bonchev–Trinajstić information content (AvgIpc) is 2.27. The molecule has 0 aromatic rings. The van der Waals surface area contributed by atoms with Gasteiger partial charge in [-0.3, -0.25) is 0 Å². The van der Waals surface area contributed by atoms with E-state index in [4.69, 9.17) is 15.2 Å². The Bertz CT molecular complexity index is 134. The minimum absolute atomic E-state index is 0.265. The summed E-state index contributed by atoms with van der Waals surface area (Å²) in [5, 5.41) is 0. The molecule has 1 spiro atoms. The van der Waals surface area contributed by atoms with E-state index in [-0.39, 0.29) is 6.10 Å². The highest BCUT2D eigenvalue weighted by Gasteiger charge is 2.49. The molecule has 0 aromatic carbocycles. The van der Waals surface area contributed by atoms with Gasteiger partial charge >= 0.3 is 0 Å². The molecule has 0 aromatic heterocycles. The largest absolute Gasteiger partial charge is 0.380 e. The highest BCUT2D eigenvalue weighted by molar-refractivity contribution is 4.96. The SMILES string of the molecule is NCC1OCCC12COC2. The first-order valence-corrected chi connectivity index (χ1v) is 3.77. The molecule has 1 unspecified atom stereocenters. The third kappa shape index (κ3) is 0.713. The molecule has 0 bridgehead atoms. The monoisotopic (exact) mass is 143 g/mol. The van der Waals surface area contributed by atoms with Gasteiger partial charge in [0.2, 0.25) is 0 Å². The second kappa shape index (κ2) is 2.19. The second-order valence-corrected chi connectivity index (χ2v) is 3.20. The number of nitrogens with two attached hydrogens (primary N) is 1. The number of rotatable bonds is 1. The van der Waals surface area contributed by atoms with Gasteiger partial charge in [0, 0.05) is 18.6 Å². The molecule has 2 aliphatic rings. The Morgan fingerprint density at radius 2 is 2.30 bits per heavy atom. The molecule has 0 amide bonds. The van der Waals surface area contributed by atoms with Crippen LogP contribution in [0.5, 0.6) is 0 Å². The van der Waals surface area contributed by atoms with E-state index in [1.54, 1.807) is 0 Å². The Labute approximate surface area is 60.5 Å². The van der Waals surface area contributed by atoms with Crippen LogP contribution in [0, 0.1) is 5.41 Å². The maximum atomic E-state index is 5.54. The minimum Gasteiger partial charge on any atom is -0.380 e. The van der Waals surface area contributed by atoms with Crippen LogP contribution in [0.4, 0.5) is 0 Å². The average molecular weight is 143 g/mol. The van der Waals surface area contributed by atoms with E-state index in [1.807, 2.05) is 0 Å². The van der Waals surface area contributed by atoms with E-state index in [1.165, 1.54) is 0 Å². The first-order valence-electron chi connectivity index (χ1n) is 3.77. The van der Waals surface area contributed by atoms with Crippen LogP contribution in [-0.2, 0) is 9.47 Å². The summed E-state index contributed by atoms with van der Waals surface area (Å²) in [7, 11) is 0. The lowest BCUT2D eigenvalue weighted by molar-refractivity contribution is -0.141. The topological polar surface area (TPSA) is 44.5 Å². The van der Waals surface area contributed by atoms with Crippen molar-refractivity contribution in [3.8, 4) is 0 Å². The van der Waals surface area contributed by atoms with E-state index in [0.717, 1.165) is 26.2 Å². The zero-order valence-electron chi connectivity index (χ0n) is 6.01. The van der Waals surface area contributed by atoms with Crippen LogP contribution in [0.3, 0.4) is 0 Å². The summed E-state index contributed by atoms with van der Waals surface area (Å²) >= 11 is 0. The molecular formula is C7H13NO2. The molecule has 1 atom stereocenters. The summed E-state index contributed by atoms with van der Waals surface area (Å²) in [5.74, 6) is 0. The molecule has 58 valence electrons. The van der Waals surface area contributed by atoms with Gasteiger partial charge in [-0.1, -0.05) is 0 Å². The summed E-state index contributed by atoms with van der Waals surface area (Å²) in [5.41, 5.74) is 5.85. The molecule has 2 heterocycles. The van der Waals surface area contributed by atoms with Crippen molar-refractivity contribution in [2.75, 3.05) is 26.4 Å². The molecule has 3 nitrogen and oxygen atoms in total. The molecule has 0 aliphatic carbocycles. The molecule has 2 rings (SSSR count). The van der Waals surface area contributed by atoms with Crippen LogP contribution in [0.1, 0.15) is 6.42 Å². The maximum absolute atomic E-state index is 5.54. The fourth-order valence-corrected chi connectivity index (χ4v) is 1.75. The van der Waals surface area contributed by atoms with Crippen LogP contribution in [0.2, 0.25) is 0 Å². The highest BCUT2D eigenvalue weighted by Crippen LogP contribution is 2.40. The van der Waals surface area contributed by atoms with Crippen molar-refractivity contribution in [2.45, 2.75) is 12.5 Å². The Morgan fingerprint density at radius 1 is 1.50 bits per heavy atom. The fourth-order valence-electron chi connectivity index (χ4n) is 1.75. The Balaban J connectivity index is 2.05. The Kier molecular flexibility index (Phi) is 1.44. The van der Waals surface area contributed by atoms with Gasteiger partial charge in [-0.25, -0.2) is 0 Å². The van der Waals surface area contributed by atoms with E-state index in [2.05, 4.69) is 0 Å². The van der Waals surface area contributed by atoms with Crippen LogP contribution in [0.15, 0.2) is 0 Å². The van der Waals surface area contributed by atoms with E-state index < -0.39 is 0 Å². The lowest BCUT2D eigenvalue weighted by Crippen LogP contribution is -2.51. The molecule has 2 N–H and O–H groups in total. The molecular weight excluding hydrogens is 130 g/mol. The summed E-state index contributed by atoms with van der Waals surface area (Å²) in [6.45, 7) is 3.22. The van der Waals surface area contributed by atoms with E-state index in [9.17, 15) is 0 Å². The standard InChI is InChI=1S/C7H13NO2/c8-3-6-7(1-2-10-6)4-9-5-7/h6H,1-5,8H2. The summed E-state index contributed by atoms with van der Waals surface area (Å²) in [4.78, 5) is 0. The Hall–Kier alpha value is -0.120. The van der Waals surface area contributed by atoms with Crippen molar-refractivity contribution >= 4 is 0 Å². The Morgan fingerprint density at radius 3 is 2.70 bits per heavy atom. The maximum Gasteiger partial charge on any atom is 0.0798 e. The molecule has 2 aliphatic heterocycles. The normalized spacial score (nSPS) is 36.3. The minimum atomic E-state index is 0.265. The predicted molar refractivity (Wildman–Crippen MR) is 36.7 cm³/mol. The lowest BCUT2D eigenvalue weighted by Gasteiger charge is -2.41. The van der Waals surface area contributed by atoms with Crippen LogP contribution < -0.4 is 5.73 Å². The highest BCUT2D eigenvalue weighted by atomic mass is 16.5. The van der Waals surface area contributed by atoms with Gasteiger partial charge in [0.05, 0.1) is 19.3 Å².